The van der Waals surface area contributed by atoms with Gasteiger partial charge in [0, 0.05) is 28.9 Å². The first kappa shape index (κ1) is 17.0. The molecule has 2 aromatic carbocycles. The summed E-state index contributed by atoms with van der Waals surface area (Å²) in [6, 6.07) is 16.7. The normalized spacial score (nSPS) is 16.0. The summed E-state index contributed by atoms with van der Waals surface area (Å²) in [4.78, 5) is 6.00. The summed E-state index contributed by atoms with van der Waals surface area (Å²) in [6.07, 6.45) is 2.14. The lowest BCUT2D eigenvalue weighted by molar-refractivity contribution is 0.206. The first-order valence-corrected chi connectivity index (χ1v) is 9.68. The molecule has 5 rings (SSSR count). The first-order valence-electron chi connectivity index (χ1n) is 9.68. The molecule has 0 aliphatic carbocycles. The average Bonchev–Trinajstić information content (AvgIpc) is 3.33. The van der Waals surface area contributed by atoms with E-state index in [9.17, 15) is 0 Å². The van der Waals surface area contributed by atoms with Gasteiger partial charge in [0.2, 0.25) is 0 Å². The SMILES string of the molecule is N#Cc1ccc2c(-c3cc4c(CN5CCC(N)CC5)cccc4[nH]3)n[nH]c2c1. The van der Waals surface area contributed by atoms with E-state index in [1.54, 1.807) is 0 Å². The van der Waals surface area contributed by atoms with Gasteiger partial charge in [0.1, 0.15) is 5.69 Å². The van der Waals surface area contributed by atoms with E-state index in [2.05, 4.69) is 50.4 Å². The maximum absolute atomic E-state index is 9.09. The molecule has 2 aromatic heterocycles. The molecule has 1 aliphatic rings. The maximum atomic E-state index is 9.09. The van der Waals surface area contributed by atoms with Crippen LogP contribution >= 0.6 is 0 Å². The van der Waals surface area contributed by atoms with Crippen molar-refractivity contribution in [3.05, 3.63) is 53.6 Å². The molecule has 0 unspecified atom stereocenters. The number of nitrogens with zero attached hydrogens (tertiary/aromatic N) is 3. The van der Waals surface area contributed by atoms with Gasteiger partial charge in [0.25, 0.3) is 0 Å². The predicted molar refractivity (Wildman–Crippen MR) is 111 cm³/mol. The summed E-state index contributed by atoms with van der Waals surface area (Å²) < 4.78 is 0. The monoisotopic (exact) mass is 370 g/mol. The highest BCUT2D eigenvalue weighted by molar-refractivity contribution is 5.96. The molecule has 1 aliphatic heterocycles. The zero-order chi connectivity index (χ0) is 19.1. The topological polar surface area (TPSA) is 97.5 Å². The fraction of sp³-hybridized carbons (Fsp3) is 0.273. The van der Waals surface area contributed by atoms with Crippen LogP contribution in [0.25, 0.3) is 33.2 Å². The van der Waals surface area contributed by atoms with E-state index in [1.165, 1.54) is 10.9 Å². The average molecular weight is 370 g/mol. The lowest BCUT2D eigenvalue weighted by atomic mass is 10.0. The van der Waals surface area contributed by atoms with Crippen molar-refractivity contribution in [2.24, 2.45) is 5.73 Å². The number of aromatic amines is 2. The minimum atomic E-state index is 0.348. The van der Waals surface area contributed by atoms with E-state index in [-0.39, 0.29) is 0 Å². The molecule has 0 atom stereocenters. The predicted octanol–water partition coefficient (Wildman–Crippen LogP) is 3.51. The summed E-state index contributed by atoms with van der Waals surface area (Å²) in [5, 5.41) is 18.9. The van der Waals surface area contributed by atoms with Crippen LogP contribution in [-0.2, 0) is 6.54 Å². The van der Waals surface area contributed by atoms with Crippen LogP contribution in [0.2, 0.25) is 0 Å². The molecule has 4 N–H and O–H groups in total. The Kier molecular flexibility index (Phi) is 4.12. The van der Waals surface area contributed by atoms with Gasteiger partial charge in [-0.2, -0.15) is 10.4 Å². The second-order valence-corrected chi connectivity index (χ2v) is 7.62. The molecule has 4 aromatic rings. The second-order valence-electron chi connectivity index (χ2n) is 7.62. The van der Waals surface area contributed by atoms with Gasteiger partial charge in [-0.15, -0.1) is 0 Å². The van der Waals surface area contributed by atoms with Gasteiger partial charge in [-0.1, -0.05) is 12.1 Å². The number of nitriles is 1. The number of H-pyrrole nitrogens is 2. The van der Waals surface area contributed by atoms with Crippen molar-refractivity contribution in [2.75, 3.05) is 13.1 Å². The summed E-state index contributed by atoms with van der Waals surface area (Å²) in [5.74, 6) is 0. The molecule has 0 radical (unpaired) electrons. The van der Waals surface area contributed by atoms with Crippen LogP contribution in [-0.4, -0.2) is 39.2 Å². The molecule has 6 nitrogen and oxygen atoms in total. The molecule has 0 bridgehead atoms. The number of nitrogens with two attached hydrogens (primary N) is 1. The van der Waals surface area contributed by atoms with Crippen molar-refractivity contribution < 1.29 is 0 Å². The number of rotatable bonds is 3. The zero-order valence-electron chi connectivity index (χ0n) is 15.6. The molecular formula is C22H22N6. The van der Waals surface area contributed by atoms with Gasteiger partial charge in [0.15, 0.2) is 0 Å². The third-order valence-electron chi connectivity index (χ3n) is 5.73. The van der Waals surface area contributed by atoms with Crippen molar-refractivity contribution in [1.29, 1.82) is 5.26 Å². The Bertz CT molecular complexity index is 1190. The molecule has 0 amide bonds. The van der Waals surface area contributed by atoms with Gasteiger partial charge in [-0.25, -0.2) is 0 Å². The zero-order valence-corrected chi connectivity index (χ0v) is 15.6. The van der Waals surface area contributed by atoms with Gasteiger partial charge >= 0.3 is 0 Å². The Hall–Kier alpha value is -3.14. The molecule has 0 saturated carbocycles. The Morgan fingerprint density at radius 2 is 1.96 bits per heavy atom. The lowest BCUT2D eigenvalue weighted by Gasteiger charge is -2.30. The lowest BCUT2D eigenvalue weighted by Crippen LogP contribution is -2.39. The van der Waals surface area contributed by atoms with Crippen molar-refractivity contribution in [1.82, 2.24) is 20.1 Å². The van der Waals surface area contributed by atoms with Gasteiger partial charge in [0.05, 0.1) is 22.8 Å². The Labute approximate surface area is 162 Å². The van der Waals surface area contributed by atoms with Crippen molar-refractivity contribution in [3.8, 4) is 17.5 Å². The largest absolute Gasteiger partial charge is 0.353 e. The smallest absolute Gasteiger partial charge is 0.116 e. The Morgan fingerprint density at radius 1 is 1.11 bits per heavy atom. The highest BCUT2D eigenvalue weighted by Gasteiger charge is 2.18. The van der Waals surface area contributed by atoms with Crippen molar-refractivity contribution in [2.45, 2.75) is 25.4 Å². The minimum Gasteiger partial charge on any atom is -0.353 e. The number of hydrogen-bond donors (Lipinski definition) is 3. The van der Waals surface area contributed by atoms with Crippen molar-refractivity contribution >= 4 is 21.8 Å². The van der Waals surface area contributed by atoms with Crippen LogP contribution in [0.5, 0.6) is 0 Å². The minimum absolute atomic E-state index is 0.348. The van der Waals surface area contributed by atoms with E-state index in [0.717, 1.165) is 60.3 Å². The van der Waals surface area contributed by atoms with Crippen molar-refractivity contribution in [3.63, 3.8) is 0 Å². The number of hydrogen-bond acceptors (Lipinski definition) is 4. The molecule has 6 heteroatoms. The summed E-state index contributed by atoms with van der Waals surface area (Å²) >= 11 is 0. The summed E-state index contributed by atoms with van der Waals surface area (Å²) in [5.41, 5.74) is 11.8. The van der Waals surface area contributed by atoms with Gasteiger partial charge in [-0.05, 0) is 61.8 Å². The van der Waals surface area contributed by atoms with Crippen LogP contribution in [0.1, 0.15) is 24.0 Å². The van der Waals surface area contributed by atoms with E-state index in [1.807, 2.05) is 18.2 Å². The van der Waals surface area contributed by atoms with Gasteiger partial charge < -0.3 is 10.7 Å². The van der Waals surface area contributed by atoms with E-state index >= 15 is 0 Å². The number of piperidine rings is 1. The van der Waals surface area contributed by atoms with Crippen LogP contribution in [0, 0.1) is 11.3 Å². The quantitative estimate of drug-likeness (QED) is 0.514. The number of fused-ring (bicyclic) bond motifs is 2. The molecule has 28 heavy (non-hydrogen) atoms. The van der Waals surface area contributed by atoms with Crippen LogP contribution in [0.15, 0.2) is 42.5 Å². The Balaban J connectivity index is 1.51. The van der Waals surface area contributed by atoms with Gasteiger partial charge in [-0.3, -0.25) is 10.00 Å². The number of nitrogens with one attached hydrogen (secondary N) is 2. The van der Waals surface area contributed by atoms with Crippen LogP contribution < -0.4 is 5.73 Å². The maximum Gasteiger partial charge on any atom is 0.116 e. The molecular weight excluding hydrogens is 348 g/mol. The molecule has 1 saturated heterocycles. The second kappa shape index (κ2) is 6.79. The number of likely N-dealkylation sites (tertiary alicyclic amines) is 1. The van der Waals surface area contributed by atoms with Crippen LogP contribution in [0.3, 0.4) is 0 Å². The van der Waals surface area contributed by atoms with Crippen LogP contribution in [0.4, 0.5) is 0 Å². The highest BCUT2D eigenvalue weighted by Crippen LogP contribution is 2.31. The van der Waals surface area contributed by atoms with E-state index in [4.69, 9.17) is 11.0 Å². The van der Waals surface area contributed by atoms with E-state index in [0.29, 0.717) is 11.6 Å². The fourth-order valence-electron chi connectivity index (χ4n) is 4.13. The Morgan fingerprint density at radius 3 is 2.79 bits per heavy atom. The summed E-state index contributed by atoms with van der Waals surface area (Å²) in [7, 11) is 0. The fourth-order valence-corrected chi connectivity index (χ4v) is 4.13. The number of aromatic nitrogens is 3. The number of benzene rings is 2. The molecule has 0 spiro atoms. The highest BCUT2D eigenvalue weighted by atomic mass is 15.1. The summed E-state index contributed by atoms with van der Waals surface area (Å²) in [6.45, 7) is 3.05. The standard InChI is InChI=1S/C22H22N6/c23-12-14-4-5-17-20(10-14)26-27-22(17)21-11-18-15(2-1-3-19(18)25-21)13-28-8-6-16(24)7-9-28/h1-5,10-11,16,25H,6-9,13,24H2,(H,26,27). The molecule has 1 fully saturated rings. The molecule has 3 heterocycles. The van der Waals surface area contributed by atoms with E-state index < -0.39 is 0 Å². The third-order valence-corrected chi connectivity index (χ3v) is 5.73. The molecule has 140 valence electrons. The third kappa shape index (κ3) is 2.95. The first-order chi connectivity index (χ1) is 13.7.